The van der Waals surface area contributed by atoms with E-state index in [1.165, 1.54) is 0 Å². The number of carbonyl (C=O) groups is 1. The van der Waals surface area contributed by atoms with Crippen LogP contribution < -0.4 is 0 Å². The van der Waals surface area contributed by atoms with E-state index in [-0.39, 0.29) is 5.97 Å². The molecule has 0 radical (unpaired) electrons. The molecule has 2 nitrogen and oxygen atoms in total. The van der Waals surface area contributed by atoms with Crippen LogP contribution in [0.15, 0.2) is 0 Å². The van der Waals surface area contributed by atoms with Gasteiger partial charge in [-0.25, -0.2) is 0 Å². The standard InChI is InChI=1S/C6H14GeO2/c1-5-6(8)9-7(2,3)4/h5H2,1-4H3. The van der Waals surface area contributed by atoms with Crippen LogP contribution in [0.2, 0.25) is 17.3 Å². The van der Waals surface area contributed by atoms with E-state index < -0.39 is 13.6 Å². The van der Waals surface area contributed by atoms with Crippen LogP contribution in [0.25, 0.3) is 0 Å². The van der Waals surface area contributed by atoms with Crippen LogP contribution in [0.5, 0.6) is 0 Å². The summed E-state index contributed by atoms with van der Waals surface area (Å²) in [5.41, 5.74) is 0. The average Bonchev–Trinajstić information content (AvgIpc) is 1.62. The fourth-order valence-electron chi connectivity index (χ4n) is 0.414. The molecule has 0 unspecified atom stereocenters. The minimum absolute atomic E-state index is 0.0532. The second-order valence-corrected chi connectivity index (χ2v) is 12.2. The molecule has 0 aliphatic heterocycles. The Morgan fingerprint density at radius 3 is 2.00 bits per heavy atom. The van der Waals surface area contributed by atoms with Crippen LogP contribution in [-0.2, 0) is 8.56 Å². The molecule has 0 atom stereocenters. The van der Waals surface area contributed by atoms with Crippen LogP contribution in [0.4, 0.5) is 0 Å². The molecule has 0 aromatic carbocycles. The van der Waals surface area contributed by atoms with E-state index in [4.69, 9.17) is 3.76 Å². The zero-order chi connectivity index (χ0) is 7.49. The third kappa shape index (κ3) is 5.89. The van der Waals surface area contributed by atoms with Gasteiger partial charge in [0.25, 0.3) is 0 Å². The fraction of sp³-hybridized carbons (Fsp3) is 0.833. The molecule has 0 saturated heterocycles. The zero-order valence-corrected chi connectivity index (χ0v) is 8.62. The zero-order valence-electron chi connectivity index (χ0n) is 6.52. The summed E-state index contributed by atoms with van der Waals surface area (Å²) in [5, 5.41) is 0. The van der Waals surface area contributed by atoms with Gasteiger partial charge in [-0.1, -0.05) is 0 Å². The summed E-state index contributed by atoms with van der Waals surface area (Å²) in [6, 6.07) is 0. The maximum absolute atomic E-state index is 10.7. The van der Waals surface area contributed by atoms with Crippen molar-refractivity contribution in [3.8, 4) is 0 Å². The molecule has 0 N–H and O–H groups in total. The van der Waals surface area contributed by atoms with Gasteiger partial charge in [0.1, 0.15) is 0 Å². The van der Waals surface area contributed by atoms with Crippen molar-refractivity contribution >= 4 is 19.6 Å². The topological polar surface area (TPSA) is 26.3 Å². The van der Waals surface area contributed by atoms with Gasteiger partial charge in [-0.05, 0) is 0 Å². The Kier molecular flexibility index (Phi) is 3.25. The van der Waals surface area contributed by atoms with Crippen molar-refractivity contribution in [1.29, 1.82) is 0 Å². The van der Waals surface area contributed by atoms with Gasteiger partial charge in [0.05, 0.1) is 0 Å². The van der Waals surface area contributed by atoms with Crippen molar-refractivity contribution in [3.63, 3.8) is 0 Å². The van der Waals surface area contributed by atoms with Crippen LogP contribution >= 0.6 is 0 Å². The van der Waals surface area contributed by atoms with Gasteiger partial charge in [0.2, 0.25) is 0 Å². The quantitative estimate of drug-likeness (QED) is 0.621. The van der Waals surface area contributed by atoms with Gasteiger partial charge in [-0.15, -0.1) is 0 Å². The molecular formula is C6H14GeO2. The third-order valence-electron chi connectivity index (χ3n) is 0.709. The van der Waals surface area contributed by atoms with Crippen LogP contribution in [-0.4, -0.2) is 19.6 Å². The minimum atomic E-state index is -2.03. The molecule has 0 aliphatic rings. The molecule has 0 fully saturated rings. The van der Waals surface area contributed by atoms with Crippen LogP contribution in [0.1, 0.15) is 13.3 Å². The first-order valence-electron chi connectivity index (χ1n) is 3.17. The van der Waals surface area contributed by atoms with Crippen LogP contribution in [0, 0.1) is 0 Å². The fourth-order valence-corrected chi connectivity index (χ4v) is 2.15. The van der Waals surface area contributed by atoms with E-state index in [0.29, 0.717) is 6.42 Å². The molecule has 54 valence electrons. The van der Waals surface area contributed by atoms with Crippen molar-refractivity contribution in [2.24, 2.45) is 0 Å². The summed E-state index contributed by atoms with van der Waals surface area (Å²) in [6.07, 6.45) is 0.502. The van der Waals surface area contributed by atoms with Crippen molar-refractivity contribution in [2.45, 2.75) is 30.6 Å². The summed E-state index contributed by atoms with van der Waals surface area (Å²) < 4.78 is 5.14. The Labute approximate surface area is 59.3 Å². The molecule has 0 aromatic heterocycles. The molecule has 0 heterocycles. The first-order valence-corrected chi connectivity index (χ1v) is 10.3. The number of carbonyl (C=O) groups excluding carboxylic acids is 1. The Bertz CT molecular complexity index is 104. The van der Waals surface area contributed by atoms with Crippen molar-refractivity contribution in [1.82, 2.24) is 0 Å². The maximum atomic E-state index is 10.7. The van der Waals surface area contributed by atoms with E-state index in [9.17, 15) is 4.79 Å². The van der Waals surface area contributed by atoms with Gasteiger partial charge < -0.3 is 0 Å². The molecular weight excluding hydrogens is 177 g/mol. The van der Waals surface area contributed by atoms with Gasteiger partial charge >= 0.3 is 58.7 Å². The molecule has 0 bridgehead atoms. The van der Waals surface area contributed by atoms with E-state index in [1.807, 2.05) is 24.2 Å². The molecule has 9 heavy (non-hydrogen) atoms. The Hall–Kier alpha value is 0.0129. The summed E-state index contributed by atoms with van der Waals surface area (Å²) in [7, 11) is 0. The third-order valence-corrected chi connectivity index (χ3v) is 2.47. The number of hydrogen-bond donors (Lipinski definition) is 0. The summed E-state index contributed by atoms with van der Waals surface area (Å²) in [6.45, 7) is 1.82. The second kappa shape index (κ2) is 3.25. The predicted octanol–water partition coefficient (Wildman–Crippen LogP) is 1.77. The first-order chi connectivity index (χ1) is 3.95. The molecule has 0 amide bonds. The van der Waals surface area contributed by atoms with Gasteiger partial charge in [-0.2, -0.15) is 0 Å². The van der Waals surface area contributed by atoms with E-state index >= 15 is 0 Å². The Balaban J connectivity index is 3.60. The van der Waals surface area contributed by atoms with Crippen molar-refractivity contribution in [2.75, 3.05) is 0 Å². The predicted molar refractivity (Wildman–Crippen MR) is 39.7 cm³/mol. The molecule has 3 heteroatoms. The molecule has 0 saturated carbocycles. The van der Waals surface area contributed by atoms with Gasteiger partial charge in [0, 0.05) is 0 Å². The summed E-state index contributed by atoms with van der Waals surface area (Å²) in [4.78, 5) is 10.7. The molecule has 0 rings (SSSR count). The molecule has 0 aromatic rings. The molecule has 0 spiro atoms. The normalized spacial score (nSPS) is 11.1. The SMILES string of the molecule is CCC(=O)[O][Ge]([CH3])([CH3])[CH3]. The summed E-state index contributed by atoms with van der Waals surface area (Å²) >= 11 is -2.03. The van der Waals surface area contributed by atoms with Gasteiger partial charge in [-0.3, -0.25) is 0 Å². The van der Waals surface area contributed by atoms with Gasteiger partial charge in [0.15, 0.2) is 0 Å². The van der Waals surface area contributed by atoms with Crippen LogP contribution in [0.3, 0.4) is 0 Å². The number of hydrogen-bond acceptors (Lipinski definition) is 2. The van der Waals surface area contributed by atoms with Crippen molar-refractivity contribution in [3.05, 3.63) is 0 Å². The molecule has 0 aliphatic carbocycles. The monoisotopic (exact) mass is 192 g/mol. The second-order valence-electron chi connectivity index (χ2n) is 2.94. The van der Waals surface area contributed by atoms with Crippen molar-refractivity contribution < 1.29 is 8.56 Å². The first kappa shape index (κ1) is 9.01. The van der Waals surface area contributed by atoms with E-state index in [0.717, 1.165) is 0 Å². The Morgan fingerprint density at radius 1 is 1.44 bits per heavy atom. The Morgan fingerprint density at radius 2 is 1.89 bits per heavy atom. The average molecular weight is 191 g/mol. The van der Waals surface area contributed by atoms with E-state index in [2.05, 4.69) is 0 Å². The number of rotatable bonds is 2. The van der Waals surface area contributed by atoms with E-state index in [1.54, 1.807) is 0 Å². The summed E-state index contributed by atoms with van der Waals surface area (Å²) in [5.74, 6) is 6.09.